The van der Waals surface area contributed by atoms with Gasteiger partial charge in [0.15, 0.2) is 0 Å². The molecule has 0 bridgehead atoms. The third kappa shape index (κ3) is 9.93. The van der Waals surface area contributed by atoms with E-state index in [1.54, 1.807) is 12.1 Å². The molecule has 0 N–H and O–H groups in total. The highest BCUT2D eigenvalue weighted by molar-refractivity contribution is 8.00. The van der Waals surface area contributed by atoms with Crippen molar-refractivity contribution >= 4 is 95.5 Å². The minimum absolute atomic E-state index is 0.0840. The molecule has 21 rings (SSSR count). The molecule has 6 heteroatoms. The number of fused-ring (bicyclic) bond motifs is 12. The van der Waals surface area contributed by atoms with Crippen LogP contribution in [-0.4, -0.2) is 15.8 Å². The smallest absolute Gasteiger partial charge is 0.249 e. The van der Waals surface area contributed by atoms with Gasteiger partial charge >= 0.3 is 0 Å². The lowest BCUT2D eigenvalue weighted by atomic mass is 9.34. The first kappa shape index (κ1) is 46.8. The van der Waals surface area contributed by atoms with Gasteiger partial charge in [-0.05, 0) is 181 Å². The predicted molar refractivity (Wildman–Crippen MR) is 449 cm³/mol. The first-order valence-corrected chi connectivity index (χ1v) is 36.5. The Labute approximate surface area is 653 Å². The van der Waals surface area contributed by atoms with Crippen molar-refractivity contribution in [3.63, 3.8) is 0 Å². The summed E-state index contributed by atoms with van der Waals surface area (Å²) in [6.07, 6.45) is 0. The van der Waals surface area contributed by atoms with Crippen molar-refractivity contribution in [2.24, 2.45) is 0 Å². The van der Waals surface area contributed by atoms with Crippen LogP contribution in [0.15, 0.2) is 379 Å². The molecule has 504 valence electrons. The Bertz CT molecular complexity index is 7470. The molecular weight excluding hydrogens is 1310 g/mol. The summed E-state index contributed by atoms with van der Waals surface area (Å²) < 4.78 is 183. The average Bonchev–Trinajstić information content (AvgIpc) is 1.66. The lowest BCUT2D eigenvalue weighted by molar-refractivity contribution is 0.434. The molecule has 0 spiro atoms. The van der Waals surface area contributed by atoms with Gasteiger partial charge in [0.1, 0.15) is 11.5 Å². The Morgan fingerprint density at radius 3 is 1.36 bits per heavy atom. The zero-order valence-corrected chi connectivity index (χ0v) is 58.9. The van der Waals surface area contributed by atoms with Gasteiger partial charge in [0, 0.05) is 76.3 Å². The van der Waals surface area contributed by atoms with E-state index in [4.69, 9.17) is 13.0 Å². The van der Waals surface area contributed by atoms with Crippen molar-refractivity contribution < 1.29 is 29.4 Å². The van der Waals surface area contributed by atoms with Gasteiger partial charge in [-0.3, -0.25) is 0 Å². The van der Waals surface area contributed by atoms with Gasteiger partial charge in [-0.25, -0.2) is 0 Å². The fraction of sp³-hybridized carbons (Fsp3) is 0.0495. The molecule has 18 aromatic rings. The quantitative estimate of drug-likeness (QED) is 0.127. The molecule has 0 aliphatic carbocycles. The van der Waals surface area contributed by atoms with Crippen LogP contribution in [0.4, 0.5) is 17.1 Å². The minimum Gasteiger partial charge on any atom is -0.457 e. The highest BCUT2D eigenvalue weighted by atomic mass is 32.2. The van der Waals surface area contributed by atoms with Crippen LogP contribution in [0, 0.1) is 0 Å². The zero-order chi connectivity index (χ0) is 86.7. The summed E-state index contributed by atoms with van der Waals surface area (Å²) in [5.41, 5.74) is 13.8. The number of hydrogen-bond acceptors (Lipinski definition) is 3. The number of hydrogen-bond donors (Lipinski definition) is 0. The molecule has 3 aliphatic heterocycles. The van der Waals surface area contributed by atoms with E-state index in [0.29, 0.717) is 60.3 Å². The summed E-state index contributed by atoms with van der Waals surface area (Å²) >= 11 is 1.34. The SMILES string of the molecule is [2H]c1cc(-n2c3c([2H])c([2H])c([2H])c([2H])c3c3c([2H])c([2H])c([2H])c([2H])c32)cc2c1B1c3c([2H])cc(-n4c5c([2H])c([2H])c([2H])c([2H])c5c5c([2H])c([2H])c([2H])c([2H])c54)cc3N(c3c(-c4cccc(-c5ccccc5)c4)cc(C(C)(C)C)cc3-c3cccc(-c4ccccc4)c3)c3cc(-c4ccc5c(c4)C(c4ccccc4)(c4ccccc4)c4ccccc4O5)cc(c31)S2. The zero-order valence-electron chi connectivity index (χ0n) is 76.1. The van der Waals surface area contributed by atoms with Crippen molar-refractivity contribution in [2.75, 3.05) is 4.90 Å². The van der Waals surface area contributed by atoms with Gasteiger partial charge in [-0.2, -0.15) is 0 Å². The highest BCUT2D eigenvalue weighted by Crippen LogP contribution is 2.58. The van der Waals surface area contributed by atoms with Crippen LogP contribution < -0.4 is 26.0 Å². The van der Waals surface area contributed by atoms with Gasteiger partial charge in [0.25, 0.3) is 0 Å². The number of rotatable bonds is 10. The second kappa shape index (κ2) is 24.6. The molecule has 0 fully saturated rings. The molecule has 4 nitrogen and oxygen atoms in total. The van der Waals surface area contributed by atoms with Gasteiger partial charge in [0.2, 0.25) is 6.71 Å². The number of aromatic nitrogens is 2. The van der Waals surface area contributed by atoms with Gasteiger partial charge < -0.3 is 18.8 Å². The summed E-state index contributed by atoms with van der Waals surface area (Å²) in [6.45, 7) is 5.43. The Morgan fingerprint density at radius 1 is 0.355 bits per heavy atom. The second-order valence-electron chi connectivity index (χ2n) is 28.5. The molecular formula is C101H70BN3OS. The maximum absolute atomic E-state index is 11.3. The lowest BCUT2D eigenvalue weighted by Crippen LogP contribution is -2.60. The summed E-state index contributed by atoms with van der Waals surface area (Å²) in [4.78, 5) is 3.28. The summed E-state index contributed by atoms with van der Waals surface area (Å²) in [6, 6.07) is 78.0. The molecule has 16 aromatic carbocycles. The van der Waals surface area contributed by atoms with E-state index in [1.807, 2.05) is 121 Å². The van der Waals surface area contributed by atoms with E-state index < -0.39 is 114 Å². The van der Waals surface area contributed by atoms with Crippen LogP contribution in [0.3, 0.4) is 0 Å². The number of ether oxygens (including phenoxy) is 1. The molecule has 107 heavy (non-hydrogen) atoms. The normalized spacial score (nSPS) is 15.6. The molecule has 0 atom stereocenters. The van der Waals surface area contributed by atoms with E-state index in [9.17, 15) is 16.4 Å². The van der Waals surface area contributed by atoms with Gasteiger partial charge in [-0.1, -0.05) is 305 Å². The fourth-order valence-electron chi connectivity index (χ4n) is 16.7. The van der Waals surface area contributed by atoms with E-state index in [0.717, 1.165) is 77.9 Å². The highest BCUT2D eigenvalue weighted by Gasteiger charge is 2.47. The van der Waals surface area contributed by atoms with Crippen molar-refractivity contribution in [2.45, 2.75) is 41.4 Å². The van der Waals surface area contributed by atoms with Crippen LogP contribution in [0.25, 0.3) is 111 Å². The maximum atomic E-state index is 11.3. The molecule has 0 saturated carbocycles. The van der Waals surface area contributed by atoms with Crippen molar-refractivity contribution in [3.8, 4) is 78.5 Å². The Morgan fingerprint density at radius 2 is 0.813 bits per heavy atom. The fourth-order valence-corrected chi connectivity index (χ4v) is 17.9. The van der Waals surface area contributed by atoms with Crippen LogP contribution in [0.2, 0.25) is 0 Å². The van der Waals surface area contributed by atoms with Crippen LogP contribution in [-0.2, 0) is 10.8 Å². The van der Waals surface area contributed by atoms with E-state index in [1.165, 1.54) is 27.0 Å². The Balaban J connectivity index is 0.948. The number of anilines is 3. The molecule has 0 amide bonds. The Kier molecular flexibility index (Phi) is 10.8. The number of benzene rings is 16. The topological polar surface area (TPSA) is 22.3 Å². The first-order valence-electron chi connectivity index (χ1n) is 44.7. The van der Waals surface area contributed by atoms with Gasteiger partial charge in [0.05, 0.1) is 57.8 Å². The second-order valence-corrected chi connectivity index (χ2v) is 29.6. The summed E-state index contributed by atoms with van der Waals surface area (Å²) in [7, 11) is 0. The molecule has 3 aliphatic rings. The van der Waals surface area contributed by atoms with Crippen molar-refractivity contribution in [3.05, 3.63) is 397 Å². The third-order valence-electron chi connectivity index (χ3n) is 21.5. The maximum Gasteiger partial charge on any atom is 0.249 e. The predicted octanol–water partition coefficient (Wildman–Crippen LogP) is 24.8. The molecule has 5 heterocycles. The monoisotopic (exact) mass is 1400 g/mol. The Hall–Kier alpha value is -12.9. The molecule has 0 unspecified atom stereocenters. The van der Waals surface area contributed by atoms with Crippen LogP contribution in [0.5, 0.6) is 11.5 Å². The summed E-state index contributed by atoms with van der Waals surface area (Å²) in [5, 5.41) is -0.615. The van der Waals surface area contributed by atoms with Crippen LogP contribution in [0.1, 0.15) is 73.3 Å². The molecule has 0 saturated heterocycles. The van der Waals surface area contributed by atoms with E-state index in [-0.39, 0.29) is 67.1 Å². The van der Waals surface area contributed by atoms with Crippen molar-refractivity contribution in [1.82, 2.24) is 9.13 Å². The van der Waals surface area contributed by atoms with E-state index in [2.05, 4.69) is 147 Å². The third-order valence-corrected chi connectivity index (χ3v) is 22.6. The van der Waals surface area contributed by atoms with E-state index >= 15 is 0 Å². The first-order chi connectivity index (χ1) is 60.1. The average molecular weight is 1400 g/mol. The van der Waals surface area contributed by atoms with Crippen molar-refractivity contribution in [1.29, 1.82) is 0 Å². The molecule has 2 aromatic heterocycles. The number of nitrogens with zero attached hydrogens (tertiary/aromatic N) is 3. The standard InChI is InChI=1S/C101H70BN3OS/c1-100(2,3)75-61-82(70-34-26-32-67(56-70)65-28-8-4-9-29-65)99(83(62-75)71-35-27-33-68(57-71)66-30-10-5-11-31-66)105-92-63-76(103-88-45-21-16-40-78(88)79-41-17-22-46-89(79)103)51-53-86(92)102-87-54-52-77(104-90-47-23-18-42-80(90)81-43-19-24-48-91(81)104)64-96(87)107-97-60-72(59-93(105)98(97)102)69-50-55-95-85(58-69)101(73-36-12-6-13-37-73,74-38-14-7-15-39-74)84-44-20-25-49-94(84)106-95/h4-64H,1-3H3/i16D,17D,18D,19D,21D,22D,23D,24D,40D,41D,42D,43D,45D,46D,47D,48D,53D,54D. The summed E-state index contributed by atoms with van der Waals surface area (Å²) in [5.74, 6) is 1.28. The van der Waals surface area contributed by atoms with Crippen LogP contribution >= 0.6 is 11.8 Å². The molecule has 0 radical (unpaired) electrons. The minimum atomic E-state index is -1.10. The number of para-hydroxylation sites is 5. The lowest BCUT2D eigenvalue weighted by Gasteiger charge is -2.43. The van der Waals surface area contributed by atoms with Gasteiger partial charge in [-0.15, -0.1) is 0 Å². The largest absolute Gasteiger partial charge is 0.457 e.